The smallest absolute Gasteiger partial charge is 0.333 e. The molecular formula is C26H34F2N2O7. The number of hydrogen-bond acceptors (Lipinski definition) is 6. The van der Waals surface area contributed by atoms with Crippen molar-refractivity contribution < 1.29 is 42.4 Å². The molecule has 1 atom stereocenters. The van der Waals surface area contributed by atoms with Crippen molar-refractivity contribution in [1.29, 1.82) is 0 Å². The normalized spacial score (nSPS) is 12.0. The van der Waals surface area contributed by atoms with Gasteiger partial charge in [0.25, 0.3) is 5.92 Å². The van der Waals surface area contributed by atoms with Crippen LogP contribution < -0.4 is 14.8 Å². The molecule has 0 radical (unpaired) electrons. The van der Waals surface area contributed by atoms with Crippen LogP contribution in [-0.4, -0.2) is 80.7 Å². The number of methoxy groups -OCH3 is 1. The van der Waals surface area contributed by atoms with Crippen molar-refractivity contribution in [3.63, 3.8) is 0 Å². The fourth-order valence-electron chi connectivity index (χ4n) is 3.27. The third-order valence-electron chi connectivity index (χ3n) is 5.09. The van der Waals surface area contributed by atoms with Crippen molar-refractivity contribution in [2.24, 2.45) is 0 Å². The molecule has 11 heteroatoms. The molecule has 2 aromatic rings. The maximum Gasteiger partial charge on any atom is 0.333 e. The number of alkyl halides is 2. The van der Waals surface area contributed by atoms with E-state index in [-0.39, 0.29) is 32.7 Å². The number of carboxylic acid groups (broad SMARTS) is 1. The average molecular weight is 525 g/mol. The van der Waals surface area contributed by atoms with E-state index in [1.165, 1.54) is 12.0 Å². The highest BCUT2D eigenvalue weighted by atomic mass is 19.3. The van der Waals surface area contributed by atoms with E-state index in [0.29, 0.717) is 23.8 Å². The van der Waals surface area contributed by atoms with Crippen molar-refractivity contribution in [2.75, 3.05) is 51.9 Å². The summed E-state index contributed by atoms with van der Waals surface area (Å²) in [5, 5.41) is 12.0. The van der Waals surface area contributed by atoms with Crippen LogP contribution in [0.15, 0.2) is 48.5 Å². The Labute approximate surface area is 215 Å². The lowest BCUT2D eigenvalue weighted by molar-refractivity contribution is -0.149. The Hall–Kier alpha value is -3.44. The number of carbonyl (C=O) groups is 2. The van der Waals surface area contributed by atoms with Crippen molar-refractivity contribution in [3.05, 3.63) is 54.1 Å². The lowest BCUT2D eigenvalue weighted by atomic mass is 10.1. The van der Waals surface area contributed by atoms with Crippen LogP contribution in [0.3, 0.4) is 0 Å². The van der Waals surface area contributed by atoms with Crippen molar-refractivity contribution in [2.45, 2.75) is 32.3 Å². The number of aliphatic carboxylic acids is 1. The summed E-state index contributed by atoms with van der Waals surface area (Å²) in [6, 6.07) is 13.3. The zero-order chi connectivity index (χ0) is 27.3. The van der Waals surface area contributed by atoms with Crippen LogP contribution in [-0.2, 0) is 20.7 Å². The van der Waals surface area contributed by atoms with Crippen LogP contribution in [0.5, 0.6) is 11.5 Å². The predicted octanol–water partition coefficient (Wildman–Crippen LogP) is 4.31. The highest BCUT2D eigenvalue weighted by Crippen LogP contribution is 2.18. The Morgan fingerprint density at radius 1 is 1.08 bits per heavy atom. The Bertz CT molecular complexity index is 984. The maximum atomic E-state index is 13.0. The number of anilines is 1. The lowest BCUT2D eigenvalue weighted by Gasteiger charge is -2.24. The predicted molar refractivity (Wildman–Crippen MR) is 134 cm³/mol. The highest BCUT2D eigenvalue weighted by molar-refractivity contribution is 5.89. The van der Waals surface area contributed by atoms with Crippen LogP contribution >= 0.6 is 0 Å². The minimum atomic E-state index is -2.96. The first-order valence-corrected chi connectivity index (χ1v) is 11.8. The van der Waals surface area contributed by atoms with E-state index in [4.69, 9.17) is 18.9 Å². The van der Waals surface area contributed by atoms with Gasteiger partial charge in [0.2, 0.25) is 0 Å². The summed E-state index contributed by atoms with van der Waals surface area (Å²) in [6.45, 7) is 2.34. The summed E-state index contributed by atoms with van der Waals surface area (Å²) in [4.78, 5) is 25.5. The quantitative estimate of drug-likeness (QED) is 0.315. The first-order valence-electron chi connectivity index (χ1n) is 11.8. The number of halogens is 2. The van der Waals surface area contributed by atoms with Gasteiger partial charge in [-0.05, 0) is 36.8 Å². The second-order valence-electron chi connectivity index (χ2n) is 8.25. The summed E-state index contributed by atoms with van der Waals surface area (Å²) in [5.41, 5.74) is 1.29. The number of urea groups is 1. The number of nitrogens with zero attached hydrogens (tertiary/aromatic N) is 1. The van der Waals surface area contributed by atoms with Crippen LogP contribution in [0.25, 0.3) is 0 Å². The Balaban J connectivity index is 1.94. The van der Waals surface area contributed by atoms with Crippen molar-refractivity contribution in [1.82, 2.24) is 4.90 Å². The molecule has 0 saturated carbocycles. The molecule has 0 aliphatic rings. The monoisotopic (exact) mass is 524 g/mol. The van der Waals surface area contributed by atoms with E-state index < -0.39 is 30.6 Å². The summed E-state index contributed by atoms with van der Waals surface area (Å²) in [6.07, 6.45) is -0.707. The van der Waals surface area contributed by atoms with Gasteiger partial charge in [0.15, 0.2) is 6.10 Å². The average Bonchev–Trinajstić information content (AvgIpc) is 2.85. The molecule has 0 aromatic heterocycles. The van der Waals surface area contributed by atoms with Gasteiger partial charge in [-0.2, -0.15) is 0 Å². The van der Waals surface area contributed by atoms with E-state index in [0.717, 1.165) is 12.5 Å². The zero-order valence-corrected chi connectivity index (χ0v) is 21.2. The summed E-state index contributed by atoms with van der Waals surface area (Å²) in [7, 11) is 1.52. The molecule has 204 valence electrons. The summed E-state index contributed by atoms with van der Waals surface area (Å²) >= 11 is 0. The fraction of sp³-hybridized carbons (Fsp3) is 0.462. The molecule has 0 heterocycles. The van der Waals surface area contributed by atoms with Crippen LogP contribution in [0.4, 0.5) is 19.3 Å². The lowest BCUT2D eigenvalue weighted by Crippen LogP contribution is -2.40. The summed E-state index contributed by atoms with van der Waals surface area (Å²) in [5.74, 6) is -2.89. The van der Waals surface area contributed by atoms with E-state index in [9.17, 15) is 23.5 Å². The summed E-state index contributed by atoms with van der Waals surface area (Å²) < 4.78 is 47.2. The zero-order valence-electron chi connectivity index (χ0n) is 21.2. The number of carbonyl (C=O) groups excluding carboxylic acids is 1. The molecule has 0 bridgehead atoms. The number of ether oxygens (including phenoxy) is 4. The van der Waals surface area contributed by atoms with Crippen molar-refractivity contribution in [3.8, 4) is 11.5 Å². The Kier molecular flexibility index (Phi) is 12.0. The molecule has 37 heavy (non-hydrogen) atoms. The SMILES string of the molecule is CCOC(Cc1ccc(OCCN(CCOCC(C)(F)F)C(=O)Nc2cccc(OC)c2)cc1)C(=O)O. The van der Waals surface area contributed by atoms with Crippen LogP contribution in [0, 0.1) is 0 Å². The molecule has 1 unspecified atom stereocenters. The van der Waals surface area contributed by atoms with E-state index >= 15 is 0 Å². The molecule has 2 amide bonds. The molecule has 0 spiro atoms. The van der Waals surface area contributed by atoms with Gasteiger partial charge >= 0.3 is 12.0 Å². The Morgan fingerprint density at radius 2 is 1.78 bits per heavy atom. The minimum absolute atomic E-state index is 0.0716. The molecule has 2 N–H and O–H groups in total. The van der Waals surface area contributed by atoms with Gasteiger partial charge in [0.1, 0.15) is 24.7 Å². The second-order valence-corrected chi connectivity index (χ2v) is 8.25. The Morgan fingerprint density at radius 3 is 2.41 bits per heavy atom. The van der Waals surface area contributed by atoms with E-state index in [1.807, 2.05) is 0 Å². The van der Waals surface area contributed by atoms with Gasteiger partial charge in [-0.1, -0.05) is 18.2 Å². The maximum absolute atomic E-state index is 13.0. The van der Waals surface area contributed by atoms with Crippen LogP contribution in [0.2, 0.25) is 0 Å². The van der Waals surface area contributed by atoms with Gasteiger partial charge in [-0.15, -0.1) is 0 Å². The third kappa shape index (κ3) is 11.4. The molecule has 0 aliphatic heterocycles. The molecule has 0 fully saturated rings. The number of rotatable bonds is 16. The van der Waals surface area contributed by atoms with Gasteiger partial charge in [0, 0.05) is 38.2 Å². The van der Waals surface area contributed by atoms with Gasteiger partial charge < -0.3 is 34.3 Å². The molecule has 0 saturated heterocycles. The molecular weight excluding hydrogens is 490 g/mol. The van der Waals surface area contributed by atoms with Crippen LogP contribution in [0.1, 0.15) is 19.4 Å². The number of carboxylic acids is 1. The molecule has 2 rings (SSSR count). The highest BCUT2D eigenvalue weighted by Gasteiger charge is 2.22. The standard InChI is InChI=1S/C26H34F2N2O7/c1-4-36-23(24(31)32)16-19-8-10-21(11-9-19)37-15-13-30(12-14-35-18-26(2,27)28)25(33)29-20-6-5-7-22(17-20)34-3/h5-11,17,23H,4,12-16,18H2,1-3H3,(H,29,33)(H,31,32). The number of hydrogen-bond donors (Lipinski definition) is 2. The number of amides is 2. The first kappa shape index (κ1) is 29.8. The first-order chi connectivity index (χ1) is 17.6. The minimum Gasteiger partial charge on any atom is -0.497 e. The molecule has 2 aromatic carbocycles. The van der Waals surface area contributed by atoms with Crippen molar-refractivity contribution >= 4 is 17.7 Å². The topological polar surface area (TPSA) is 107 Å². The van der Waals surface area contributed by atoms with Gasteiger partial charge in [0.05, 0.1) is 20.3 Å². The van der Waals surface area contributed by atoms with E-state index in [1.54, 1.807) is 55.5 Å². The second kappa shape index (κ2) is 15.0. The largest absolute Gasteiger partial charge is 0.497 e. The van der Waals surface area contributed by atoms with Gasteiger partial charge in [-0.3, -0.25) is 0 Å². The fourth-order valence-corrected chi connectivity index (χ4v) is 3.27. The molecule has 9 nitrogen and oxygen atoms in total. The van der Waals surface area contributed by atoms with Gasteiger partial charge in [-0.25, -0.2) is 18.4 Å². The third-order valence-corrected chi connectivity index (χ3v) is 5.09. The molecule has 0 aliphatic carbocycles. The number of nitrogens with one attached hydrogen (secondary N) is 1. The number of benzene rings is 2. The van der Waals surface area contributed by atoms with E-state index in [2.05, 4.69) is 5.32 Å².